The van der Waals surface area contributed by atoms with Gasteiger partial charge in [0.15, 0.2) is 5.17 Å². The molecule has 0 saturated heterocycles. The largest absolute Gasteiger partial charge is 0.362 e. The van der Waals surface area contributed by atoms with E-state index >= 15 is 0 Å². The van der Waals surface area contributed by atoms with E-state index < -0.39 is 0 Å². The summed E-state index contributed by atoms with van der Waals surface area (Å²) in [5.74, 6) is 1.87. The highest BCUT2D eigenvalue weighted by atomic mass is 32.2. The summed E-state index contributed by atoms with van der Waals surface area (Å²) in [6.45, 7) is 14.9. The Labute approximate surface area is 130 Å². The van der Waals surface area contributed by atoms with Crippen LogP contribution in [-0.4, -0.2) is 47.5 Å². The highest BCUT2D eigenvalue weighted by Gasteiger charge is 2.19. The molecule has 0 spiro atoms. The van der Waals surface area contributed by atoms with Gasteiger partial charge in [0.1, 0.15) is 0 Å². The molecule has 0 saturated carbocycles. The predicted molar refractivity (Wildman–Crippen MR) is 92.8 cm³/mol. The van der Waals surface area contributed by atoms with Crippen molar-refractivity contribution in [3.63, 3.8) is 0 Å². The van der Waals surface area contributed by atoms with Gasteiger partial charge in [0, 0.05) is 11.8 Å². The molecule has 118 valence electrons. The van der Waals surface area contributed by atoms with Crippen molar-refractivity contribution in [1.29, 1.82) is 0 Å². The van der Waals surface area contributed by atoms with Crippen LogP contribution in [-0.2, 0) is 0 Å². The van der Waals surface area contributed by atoms with Gasteiger partial charge in [-0.15, -0.1) is 0 Å². The van der Waals surface area contributed by atoms with Gasteiger partial charge in [0.25, 0.3) is 0 Å². The lowest BCUT2D eigenvalue weighted by Crippen LogP contribution is -2.35. The maximum atomic E-state index is 4.85. The molecule has 4 heteroatoms. The summed E-state index contributed by atoms with van der Waals surface area (Å²) >= 11 is 1.89. The van der Waals surface area contributed by atoms with E-state index in [1.165, 1.54) is 36.7 Å². The van der Waals surface area contributed by atoms with Crippen LogP contribution in [0.4, 0.5) is 0 Å². The topological polar surface area (TPSA) is 27.6 Å². The maximum absolute atomic E-state index is 4.85. The molecule has 3 nitrogen and oxygen atoms in total. The summed E-state index contributed by atoms with van der Waals surface area (Å²) in [7, 11) is 0. The fourth-order valence-corrected chi connectivity index (χ4v) is 3.58. The second kappa shape index (κ2) is 9.67. The van der Waals surface area contributed by atoms with E-state index in [9.17, 15) is 0 Å². The lowest BCUT2D eigenvalue weighted by molar-refractivity contribution is 0.293. The molecule has 0 aromatic carbocycles. The van der Waals surface area contributed by atoms with Crippen molar-refractivity contribution in [3.05, 3.63) is 0 Å². The summed E-state index contributed by atoms with van der Waals surface area (Å²) in [4.78, 5) is 7.35. The molecule has 20 heavy (non-hydrogen) atoms. The van der Waals surface area contributed by atoms with E-state index in [2.05, 4.69) is 44.8 Å². The summed E-state index contributed by atoms with van der Waals surface area (Å²) in [6, 6.07) is 1.05. The minimum atomic E-state index is 0.515. The highest BCUT2D eigenvalue weighted by molar-refractivity contribution is 8.13. The van der Waals surface area contributed by atoms with Crippen molar-refractivity contribution in [2.75, 3.05) is 25.4 Å². The van der Waals surface area contributed by atoms with Gasteiger partial charge in [-0.1, -0.05) is 39.5 Å². The molecule has 2 atom stereocenters. The summed E-state index contributed by atoms with van der Waals surface area (Å²) in [5.41, 5.74) is 0. The quantitative estimate of drug-likeness (QED) is 0.742. The van der Waals surface area contributed by atoms with E-state index in [1.54, 1.807) is 0 Å². The molecule has 0 radical (unpaired) electrons. The Morgan fingerprint density at radius 3 is 2.60 bits per heavy atom. The Morgan fingerprint density at radius 2 is 2.00 bits per heavy atom. The second-order valence-electron chi connectivity index (χ2n) is 6.10. The second-order valence-corrected chi connectivity index (χ2v) is 7.18. The van der Waals surface area contributed by atoms with Crippen LogP contribution >= 0.6 is 11.8 Å². The molecule has 0 fully saturated rings. The molecular weight excluding hydrogens is 266 g/mol. The Morgan fingerprint density at radius 1 is 1.30 bits per heavy atom. The zero-order chi connectivity index (χ0) is 15.0. The van der Waals surface area contributed by atoms with Gasteiger partial charge in [-0.2, -0.15) is 0 Å². The van der Waals surface area contributed by atoms with Crippen LogP contribution in [0.3, 0.4) is 0 Å². The van der Waals surface area contributed by atoms with Gasteiger partial charge >= 0.3 is 0 Å². The molecule has 0 amide bonds. The molecule has 1 N–H and O–H groups in total. The van der Waals surface area contributed by atoms with Crippen LogP contribution in [0.25, 0.3) is 0 Å². The first-order valence-electron chi connectivity index (χ1n) is 8.26. The first-order valence-corrected chi connectivity index (χ1v) is 9.24. The van der Waals surface area contributed by atoms with Crippen LogP contribution in [0.1, 0.15) is 53.9 Å². The number of hydrogen-bond acceptors (Lipinski definition) is 4. The predicted octanol–water partition coefficient (Wildman–Crippen LogP) is 3.60. The first-order chi connectivity index (χ1) is 9.56. The lowest BCUT2D eigenvalue weighted by atomic mass is 10.0. The van der Waals surface area contributed by atoms with E-state index in [-0.39, 0.29) is 0 Å². The van der Waals surface area contributed by atoms with Crippen molar-refractivity contribution in [2.24, 2.45) is 10.9 Å². The molecule has 0 aromatic heterocycles. The van der Waals surface area contributed by atoms with Gasteiger partial charge in [-0.25, -0.2) is 0 Å². The lowest BCUT2D eigenvalue weighted by Gasteiger charge is -2.26. The number of nitrogens with one attached hydrogen (secondary N) is 1. The molecule has 2 unspecified atom stereocenters. The van der Waals surface area contributed by atoms with Gasteiger partial charge < -0.3 is 10.2 Å². The maximum Gasteiger partial charge on any atom is 0.157 e. The SMILES string of the molecule is CCN(CC)CCCC(C)NC1=NC(C(C)C)CCS1. The van der Waals surface area contributed by atoms with Crippen LogP contribution in [0.5, 0.6) is 0 Å². The third-order valence-corrected chi connectivity index (χ3v) is 5.02. The minimum absolute atomic E-state index is 0.515. The monoisotopic (exact) mass is 299 g/mol. The standard InChI is InChI=1S/C16H33N3S/c1-6-19(7-2)11-8-9-14(5)17-16-18-15(13(3)4)10-12-20-16/h13-15H,6-12H2,1-5H3,(H,17,18). The number of thioether (sulfide) groups is 1. The number of amidine groups is 1. The molecule has 1 aliphatic heterocycles. The molecular formula is C16H33N3S. The fourth-order valence-electron chi connectivity index (χ4n) is 2.53. The average Bonchev–Trinajstić information content (AvgIpc) is 2.44. The Bertz CT molecular complexity index is 287. The van der Waals surface area contributed by atoms with Crippen molar-refractivity contribution in [3.8, 4) is 0 Å². The average molecular weight is 300 g/mol. The normalized spacial score (nSPS) is 21.1. The van der Waals surface area contributed by atoms with Crippen molar-refractivity contribution in [2.45, 2.75) is 66.0 Å². The van der Waals surface area contributed by atoms with Gasteiger partial charge in [-0.05, 0) is 51.7 Å². The fraction of sp³-hybridized carbons (Fsp3) is 0.938. The Kier molecular flexibility index (Phi) is 8.62. The van der Waals surface area contributed by atoms with Gasteiger partial charge in [0.05, 0.1) is 6.04 Å². The third-order valence-electron chi connectivity index (χ3n) is 4.08. The first kappa shape index (κ1) is 17.8. The third kappa shape index (κ3) is 6.49. The van der Waals surface area contributed by atoms with Gasteiger partial charge in [0.2, 0.25) is 0 Å². The molecule has 0 bridgehead atoms. The molecule has 0 aliphatic carbocycles. The number of hydrogen-bond donors (Lipinski definition) is 1. The highest BCUT2D eigenvalue weighted by Crippen LogP contribution is 2.22. The molecule has 0 aromatic rings. The van der Waals surface area contributed by atoms with Crippen molar-refractivity contribution in [1.82, 2.24) is 10.2 Å². The smallest absolute Gasteiger partial charge is 0.157 e. The number of rotatable bonds is 8. The molecule has 1 rings (SSSR count). The zero-order valence-electron chi connectivity index (χ0n) is 14.0. The van der Waals surface area contributed by atoms with E-state index in [1.807, 2.05) is 11.8 Å². The number of aliphatic imine (C=N–C) groups is 1. The van der Waals surface area contributed by atoms with Gasteiger partial charge in [-0.3, -0.25) is 4.99 Å². The summed E-state index contributed by atoms with van der Waals surface area (Å²) < 4.78 is 0. The van der Waals surface area contributed by atoms with Crippen molar-refractivity contribution >= 4 is 16.9 Å². The van der Waals surface area contributed by atoms with Crippen molar-refractivity contribution < 1.29 is 0 Å². The number of nitrogens with zero attached hydrogens (tertiary/aromatic N) is 2. The summed E-state index contributed by atoms with van der Waals surface area (Å²) in [6.07, 6.45) is 3.72. The molecule has 1 aliphatic rings. The van der Waals surface area contributed by atoms with Crippen LogP contribution in [0, 0.1) is 5.92 Å². The Balaban J connectivity index is 2.29. The molecule has 1 heterocycles. The van der Waals surface area contributed by atoms with Crippen LogP contribution in [0.2, 0.25) is 0 Å². The minimum Gasteiger partial charge on any atom is -0.362 e. The zero-order valence-corrected chi connectivity index (χ0v) is 14.8. The van der Waals surface area contributed by atoms with E-state index in [0.717, 1.165) is 13.1 Å². The Hall–Kier alpha value is -0.220. The summed E-state index contributed by atoms with van der Waals surface area (Å²) in [5, 5.41) is 4.78. The van der Waals surface area contributed by atoms with E-state index in [0.29, 0.717) is 18.0 Å². The van der Waals surface area contributed by atoms with E-state index in [4.69, 9.17) is 4.99 Å². The van der Waals surface area contributed by atoms with Crippen LogP contribution in [0.15, 0.2) is 4.99 Å². The van der Waals surface area contributed by atoms with Crippen LogP contribution < -0.4 is 5.32 Å².